The first-order valence-electron chi connectivity index (χ1n) is 10.7. The van der Waals surface area contributed by atoms with Crippen molar-refractivity contribution >= 4 is 11.7 Å². The topological polar surface area (TPSA) is 94.2 Å². The van der Waals surface area contributed by atoms with E-state index in [-0.39, 0.29) is 6.42 Å². The van der Waals surface area contributed by atoms with Crippen molar-refractivity contribution in [3.63, 3.8) is 0 Å². The predicted molar refractivity (Wildman–Crippen MR) is 122 cm³/mol. The van der Waals surface area contributed by atoms with Crippen LogP contribution in [0.4, 0.5) is 0 Å². The number of nitrogens with zero attached hydrogens (tertiary/aromatic N) is 2. The van der Waals surface area contributed by atoms with Gasteiger partial charge in [-0.25, -0.2) is 4.98 Å². The van der Waals surface area contributed by atoms with Gasteiger partial charge in [0.15, 0.2) is 0 Å². The van der Waals surface area contributed by atoms with E-state index in [4.69, 9.17) is 19.1 Å². The highest BCUT2D eigenvalue weighted by atomic mass is 16.6. The molecule has 0 aliphatic carbocycles. The van der Waals surface area contributed by atoms with Gasteiger partial charge in [0.1, 0.15) is 18.1 Å². The Balaban J connectivity index is 1.58. The Kier molecular flexibility index (Phi) is 8.43. The van der Waals surface area contributed by atoms with Gasteiger partial charge in [0.2, 0.25) is 5.89 Å². The highest BCUT2D eigenvalue weighted by Crippen LogP contribution is 2.22. The number of aryl methyl sites for hydroxylation is 1. The van der Waals surface area contributed by atoms with Gasteiger partial charge in [-0.3, -0.25) is 4.79 Å². The van der Waals surface area contributed by atoms with Crippen molar-refractivity contribution in [3.8, 4) is 17.2 Å². The first-order chi connectivity index (χ1) is 15.5. The maximum Gasteiger partial charge on any atom is 0.309 e. The van der Waals surface area contributed by atoms with Gasteiger partial charge in [-0.1, -0.05) is 42.4 Å². The third-order valence-corrected chi connectivity index (χ3v) is 4.67. The van der Waals surface area contributed by atoms with E-state index in [1.54, 1.807) is 0 Å². The lowest BCUT2D eigenvalue weighted by molar-refractivity contribution is -0.135. The van der Waals surface area contributed by atoms with Crippen LogP contribution in [0.1, 0.15) is 36.8 Å². The predicted octanol–water partition coefficient (Wildman–Crippen LogP) is 5.07. The molecule has 1 aromatic heterocycles. The van der Waals surface area contributed by atoms with Gasteiger partial charge in [-0.05, 0) is 43.2 Å². The quantitative estimate of drug-likeness (QED) is 0.242. The summed E-state index contributed by atoms with van der Waals surface area (Å²) in [6, 6.07) is 17.3. The molecule has 0 radical (unpaired) electrons. The monoisotopic (exact) mass is 436 g/mol. The number of carbonyl (C=O) groups is 1. The summed E-state index contributed by atoms with van der Waals surface area (Å²) in [6.07, 6.45) is 1.65. The molecule has 32 heavy (non-hydrogen) atoms. The number of rotatable bonds is 12. The summed E-state index contributed by atoms with van der Waals surface area (Å²) in [7, 11) is 0. The third-order valence-electron chi connectivity index (χ3n) is 4.67. The molecule has 2 aromatic carbocycles. The maximum absolute atomic E-state index is 11.1. The van der Waals surface area contributed by atoms with Gasteiger partial charge in [0, 0.05) is 18.4 Å². The molecule has 0 aliphatic heterocycles. The summed E-state index contributed by atoms with van der Waals surface area (Å²) >= 11 is 0. The Morgan fingerprint density at radius 2 is 1.94 bits per heavy atom. The zero-order valence-corrected chi connectivity index (χ0v) is 18.4. The zero-order chi connectivity index (χ0) is 22.8. The number of aliphatic carboxylic acids is 1. The smallest absolute Gasteiger partial charge is 0.309 e. The molecule has 3 rings (SSSR count). The van der Waals surface area contributed by atoms with E-state index in [0.717, 1.165) is 29.0 Å². The fourth-order valence-corrected chi connectivity index (χ4v) is 3.14. The van der Waals surface area contributed by atoms with Crippen LogP contribution in [0.5, 0.6) is 5.75 Å². The van der Waals surface area contributed by atoms with Crippen molar-refractivity contribution in [1.29, 1.82) is 0 Å². The first-order valence-corrected chi connectivity index (χ1v) is 10.7. The lowest BCUT2D eigenvalue weighted by Gasteiger charge is -2.09. The van der Waals surface area contributed by atoms with Crippen molar-refractivity contribution in [2.45, 2.75) is 39.5 Å². The summed E-state index contributed by atoms with van der Waals surface area (Å²) in [5.41, 5.74) is 3.18. The van der Waals surface area contributed by atoms with Crippen LogP contribution in [0.3, 0.4) is 0 Å². The van der Waals surface area contributed by atoms with Crippen molar-refractivity contribution in [1.82, 2.24) is 4.98 Å². The van der Waals surface area contributed by atoms with Gasteiger partial charge in [0.25, 0.3) is 0 Å². The van der Waals surface area contributed by atoms with Crippen molar-refractivity contribution in [2.24, 2.45) is 5.16 Å². The molecule has 0 fully saturated rings. The second-order valence-corrected chi connectivity index (χ2v) is 7.37. The molecular weight excluding hydrogens is 408 g/mol. The minimum Gasteiger partial charge on any atom is -0.493 e. The number of benzene rings is 2. The van der Waals surface area contributed by atoms with E-state index in [2.05, 4.69) is 10.1 Å². The highest BCUT2D eigenvalue weighted by Gasteiger charge is 2.12. The average Bonchev–Trinajstić information content (AvgIpc) is 3.15. The zero-order valence-electron chi connectivity index (χ0n) is 18.4. The molecule has 0 spiro atoms. The molecule has 1 N–H and O–H groups in total. The molecular formula is C25H28N2O5. The van der Waals surface area contributed by atoms with Crippen LogP contribution in [-0.2, 0) is 22.5 Å². The third kappa shape index (κ3) is 6.97. The Bertz CT molecular complexity index is 1040. The van der Waals surface area contributed by atoms with E-state index < -0.39 is 5.97 Å². The molecule has 1 heterocycles. The average molecular weight is 437 g/mol. The number of oxazole rings is 1. The summed E-state index contributed by atoms with van der Waals surface area (Å²) in [6.45, 7) is 4.77. The van der Waals surface area contributed by atoms with Crippen LogP contribution in [0.2, 0.25) is 0 Å². The van der Waals surface area contributed by atoms with E-state index in [9.17, 15) is 4.79 Å². The highest BCUT2D eigenvalue weighted by molar-refractivity contribution is 5.99. The van der Waals surface area contributed by atoms with Crippen LogP contribution in [-0.4, -0.2) is 35.0 Å². The van der Waals surface area contributed by atoms with E-state index in [1.807, 2.05) is 68.4 Å². The van der Waals surface area contributed by atoms with Gasteiger partial charge in [-0.15, -0.1) is 0 Å². The minimum atomic E-state index is -0.936. The molecule has 168 valence electrons. The molecule has 0 saturated heterocycles. The molecule has 0 unspecified atom stereocenters. The first kappa shape index (κ1) is 23.1. The molecule has 0 amide bonds. The summed E-state index contributed by atoms with van der Waals surface area (Å²) < 4.78 is 11.7. The molecule has 0 atom stereocenters. The standard InChI is InChI=1S/C25H28N2O5/c1-3-13-31-27-21(17-24(28)29)15-19-8-7-11-22(16-19)30-14-12-23-18(2)32-25(26-23)20-9-5-4-6-10-20/h4-11,16H,3,12-15,17H2,1-2H3,(H,28,29). The Hall–Kier alpha value is -3.61. The van der Waals surface area contributed by atoms with Crippen LogP contribution >= 0.6 is 0 Å². The fourth-order valence-electron chi connectivity index (χ4n) is 3.14. The molecule has 7 nitrogen and oxygen atoms in total. The normalized spacial score (nSPS) is 11.4. The van der Waals surface area contributed by atoms with Crippen molar-refractivity contribution in [2.75, 3.05) is 13.2 Å². The SMILES string of the molecule is CCCON=C(CC(=O)O)Cc1cccc(OCCc2nc(-c3ccccc3)oc2C)c1. The Morgan fingerprint density at radius 1 is 1.12 bits per heavy atom. The fraction of sp³-hybridized carbons (Fsp3) is 0.320. The van der Waals surface area contributed by atoms with Crippen LogP contribution in [0.25, 0.3) is 11.5 Å². The lowest BCUT2D eigenvalue weighted by Crippen LogP contribution is -2.11. The number of hydrogen-bond donors (Lipinski definition) is 1. The molecule has 0 bridgehead atoms. The lowest BCUT2D eigenvalue weighted by atomic mass is 10.1. The largest absolute Gasteiger partial charge is 0.493 e. The van der Waals surface area contributed by atoms with E-state index in [0.29, 0.717) is 43.4 Å². The van der Waals surface area contributed by atoms with Gasteiger partial charge >= 0.3 is 5.97 Å². The number of carboxylic acid groups (broad SMARTS) is 1. The van der Waals surface area contributed by atoms with Crippen LogP contribution < -0.4 is 4.74 Å². The maximum atomic E-state index is 11.1. The summed E-state index contributed by atoms with van der Waals surface area (Å²) in [5, 5.41) is 13.1. The molecule has 0 aliphatic rings. The van der Waals surface area contributed by atoms with E-state index in [1.165, 1.54) is 0 Å². The number of ether oxygens (including phenoxy) is 1. The van der Waals surface area contributed by atoms with Gasteiger partial charge in [0.05, 0.1) is 24.4 Å². The second kappa shape index (κ2) is 11.7. The van der Waals surface area contributed by atoms with Crippen LogP contribution in [0, 0.1) is 6.92 Å². The number of carboxylic acids is 1. The number of aromatic nitrogens is 1. The van der Waals surface area contributed by atoms with Gasteiger partial charge < -0.3 is 19.1 Å². The second-order valence-electron chi connectivity index (χ2n) is 7.37. The molecule has 0 saturated carbocycles. The molecule has 7 heteroatoms. The number of oxime groups is 1. The number of hydrogen-bond acceptors (Lipinski definition) is 6. The van der Waals surface area contributed by atoms with E-state index >= 15 is 0 Å². The molecule has 3 aromatic rings. The summed E-state index contributed by atoms with van der Waals surface area (Å²) in [4.78, 5) is 20.9. The van der Waals surface area contributed by atoms with Crippen LogP contribution in [0.15, 0.2) is 64.2 Å². The Morgan fingerprint density at radius 3 is 2.69 bits per heavy atom. The van der Waals surface area contributed by atoms with Crippen molar-refractivity contribution < 1.29 is 23.9 Å². The minimum absolute atomic E-state index is 0.163. The Labute approximate surface area is 187 Å². The van der Waals surface area contributed by atoms with Gasteiger partial charge in [-0.2, -0.15) is 0 Å². The van der Waals surface area contributed by atoms with Crippen molar-refractivity contribution in [3.05, 3.63) is 71.6 Å². The summed E-state index contributed by atoms with van der Waals surface area (Å²) in [5.74, 6) is 1.16.